The number of halogens is 3. The van der Waals surface area contributed by atoms with Crippen molar-refractivity contribution in [2.75, 3.05) is 6.54 Å². The Morgan fingerprint density at radius 2 is 1.90 bits per heavy atom. The first kappa shape index (κ1) is 19.1. The van der Waals surface area contributed by atoms with Gasteiger partial charge in [0.05, 0.1) is 6.04 Å². The molecule has 2 fully saturated rings. The van der Waals surface area contributed by atoms with Gasteiger partial charge in [-0.3, -0.25) is 4.79 Å². The van der Waals surface area contributed by atoms with Crippen molar-refractivity contribution in [1.82, 2.24) is 19.5 Å². The zero-order chi connectivity index (χ0) is 21.0. The van der Waals surface area contributed by atoms with E-state index in [4.69, 9.17) is 0 Å². The van der Waals surface area contributed by atoms with Gasteiger partial charge in [0.1, 0.15) is 5.69 Å². The molecule has 1 aromatic carbocycles. The number of fused-ring (bicyclic) bond motifs is 1. The van der Waals surface area contributed by atoms with Crippen molar-refractivity contribution in [3.05, 3.63) is 64.6 Å². The summed E-state index contributed by atoms with van der Waals surface area (Å²) < 4.78 is 41.7. The first-order chi connectivity index (χ1) is 14.3. The zero-order valence-electron chi connectivity index (χ0n) is 16.5. The minimum Gasteiger partial charge on any atom is -0.330 e. The Bertz CT molecular complexity index is 1130. The van der Waals surface area contributed by atoms with Crippen LogP contribution in [0.3, 0.4) is 0 Å². The van der Waals surface area contributed by atoms with E-state index in [1.165, 1.54) is 6.07 Å². The van der Waals surface area contributed by atoms with Crippen LogP contribution in [-0.4, -0.2) is 31.9 Å². The van der Waals surface area contributed by atoms with Crippen LogP contribution in [0.2, 0.25) is 0 Å². The van der Waals surface area contributed by atoms with Gasteiger partial charge in [-0.1, -0.05) is 24.3 Å². The minimum absolute atomic E-state index is 0.00133. The molecule has 0 spiro atoms. The molecule has 1 atom stereocenters. The average molecular weight is 414 g/mol. The van der Waals surface area contributed by atoms with Gasteiger partial charge in [0.2, 0.25) is 0 Å². The Balaban J connectivity index is 1.54. The van der Waals surface area contributed by atoms with Gasteiger partial charge in [-0.15, -0.1) is 0 Å². The lowest BCUT2D eigenvalue weighted by Crippen LogP contribution is -2.31. The first-order valence-electron chi connectivity index (χ1n) is 10.2. The summed E-state index contributed by atoms with van der Waals surface area (Å²) in [6, 6.07) is 10.2. The van der Waals surface area contributed by atoms with Gasteiger partial charge < -0.3 is 4.90 Å². The number of hydrogen-bond donors (Lipinski definition) is 0. The van der Waals surface area contributed by atoms with Crippen LogP contribution in [0.15, 0.2) is 36.4 Å². The summed E-state index contributed by atoms with van der Waals surface area (Å²) in [7, 11) is 0. The molecule has 1 aliphatic carbocycles. The fourth-order valence-electron chi connectivity index (χ4n) is 4.33. The molecule has 2 aliphatic rings. The number of nitrogens with zero attached hydrogens (tertiary/aromatic N) is 4. The lowest BCUT2D eigenvalue weighted by Gasteiger charge is -2.25. The Kier molecular flexibility index (Phi) is 4.34. The number of hydrogen-bond acceptors (Lipinski definition) is 3. The summed E-state index contributed by atoms with van der Waals surface area (Å²) in [5.41, 5.74) is 1.77. The van der Waals surface area contributed by atoms with Gasteiger partial charge in [0.15, 0.2) is 11.3 Å². The summed E-state index contributed by atoms with van der Waals surface area (Å²) in [5.74, 6) is -0.290. The lowest BCUT2D eigenvalue weighted by atomic mass is 9.99. The van der Waals surface area contributed by atoms with E-state index < -0.39 is 11.9 Å². The zero-order valence-corrected chi connectivity index (χ0v) is 16.5. The summed E-state index contributed by atoms with van der Waals surface area (Å²) in [6.45, 7) is 2.55. The number of benzene rings is 1. The fourth-order valence-corrected chi connectivity index (χ4v) is 4.33. The Morgan fingerprint density at radius 3 is 2.60 bits per heavy atom. The van der Waals surface area contributed by atoms with E-state index in [0.717, 1.165) is 47.4 Å². The highest BCUT2D eigenvalue weighted by molar-refractivity contribution is 5.94. The molecule has 0 radical (unpaired) electrons. The topological polar surface area (TPSA) is 50.5 Å². The maximum Gasteiger partial charge on any atom is 0.433 e. The quantitative estimate of drug-likeness (QED) is 0.612. The molecule has 1 saturated heterocycles. The molecule has 30 heavy (non-hydrogen) atoms. The van der Waals surface area contributed by atoms with E-state index in [1.54, 1.807) is 4.90 Å². The third-order valence-corrected chi connectivity index (χ3v) is 6.01. The third kappa shape index (κ3) is 3.24. The highest BCUT2D eigenvalue weighted by Crippen LogP contribution is 2.41. The number of rotatable bonds is 3. The molecule has 0 unspecified atom stereocenters. The van der Waals surface area contributed by atoms with E-state index in [-0.39, 0.29) is 29.2 Å². The SMILES string of the molecule is Cc1ccccc1[C@@H]1CCCN1C(=O)c1cc2nc(C3CC3)cc(C(F)(F)F)n2n1. The normalized spacial score (nSPS) is 19.6. The molecular formula is C22H21F3N4O. The van der Waals surface area contributed by atoms with Crippen LogP contribution in [0.1, 0.15) is 70.6 Å². The molecular weight excluding hydrogens is 393 g/mol. The molecule has 3 aromatic rings. The van der Waals surface area contributed by atoms with E-state index in [0.29, 0.717) is 12.2 Å². The maximum atomic E-state index is 13.6. The lowest BCUT2D eigenvalue weighted by molar-refractivity contribution is -0.142. The van der Waals surface area contributed by atoms with Crippen molar-refractivity contribution in [3.63, 3.8) is 0 Å². The molecule has 156 valence electrons. The number of carbonyl (C=O) groups is 1. The molecule has 5 nitrogen and oxygen atoms in total. The van der Waals surface area contributed by atoms with E-state index in [2.05, 4.69) is 10.1 Å². The van der Waals surface area contributed by atoms with Crippen LogP contribution in [0.5, 0.6) is 0 Å². The van der Waals surface area contributed by atoms with E-state index in [1.807, 2.05) is 31.2 Å². The van der Waals surface area contributed by atoms with Gasteiger partial charge in [0.25, 0.3) is 5.91 Å². The second-order valence-corrected chi connectivity index (χ2v) is 8.15. The molecule has 1 amide bonds. The molecule has 3 heterocycles. The van der Waals surface area contributed by atoms with E-state index >= 15 is 0 Å². The predicted octanol–water partition coefficient (Wildman–Crippen LogP) is 4.91. The van der Waals surface area contributed by atoms with Crippen LogP contribution in [-0.2, 0) is 6.18 Å². The van der Waals surface area contributed by atoms with Crippen LogP contribution in [0, 0.1) is 6.92 Å². The summed E-state index contributed by atoms with van der Waals surface area (Å²) in [5, 5.41) is 4.04. The standard InChI is InChI=1S/C22H21F3N4O/c1-13-5-2-3-6-15(13)18-7-4-10-28(18)21(30)17-12-20-26-16(14-8-9-14)11-19(22(23,24)25)29(20)27-17/h2-3,5-6,11-12,14,18H,4,7-10H2,1H3/t18-/m0/s1. The summed E-state index contributed by atoms with van der Waals surface area (Å²) in [4.78, 5) is 19.3. The molecule has 1 saturated carbocycles. The number of amides is 1. The van der Waals surface area contributed by atoms with Crippen molar-refractivity contribution in [2.24, 2.45) is 0 Å². The maximum absolute atomic E-state index is 13.6. The second kappa shape index (κ2) is 6.82. The van der Waals surface area contributed by atoms with Crippen LogP contribution in [0.4, 0.5) is 13.2 Å². The highest BCUT2D eigenvalue weighted by Gasteiger charge is 2.38. The molecule has 0 N–H and O–H groups in total. The number of aromatic nitrogens is 3. The number of carbonyl (C=O) groups excluding carboxylic acids is 1. The third-order valence-electron chi connectivity index (χ3n) is 6.01. The molecule has 5 rings (SSSR count). The minimum atomic E-state index is -4.57. The van der Waals surface area contributed by atoms with Gasteiger partial charge in [-0.05, 0) is 49.8 Å². The smallest absolute Gasteiger partial charge is 0.330 e. The fraction of sp³-hybridized carbons (Fsp3) is 0.409. The molecule has 1 aliphatic heterocycles. The van der Waals surface area contributed by atoms with Crippen LogP contribution in [0.25, 0.3) is 5.65 Å². The monoisotopic (exact) mass is 414 g/mol. The van der Waals surface area contributed by atoms with Gasteiger partial charge in [-0.25, -0.2) is 9.50 Å². The first-order valence-corrected chi connectivity index (χ1v) is 10.2. The van der Waals surface area contributed by atoms with Crippen molar-refractivity contribution >= 4 is 11.6 Å². The summed E-state index contributed by atoms with van der Waals surface area (Å²) in [6.07, 6.45) is -1.23. The van der Waals surface area contributed by atoms with Gasteiger partial charge in [0, 0.05) is 24.2 Å². The van der Waals surface area contributed by atoms with E-state index in [9.17, 15) is 18.0 Å². The number of alkyl halides is 3. The van der Waals surface area contributed by atoms with Crippen LogP contribution < -0.4 is 0 Å². The summed E-state index contributed by atoms with van der Waals surface area (Å²) >= 11 is 0. The van der Waals surface area contributed by atoms with Gasteiger partial charge in [-0.2, -0.15) is 18.3 Å². The average Bonchev–Trinajstić information content (AvgIpc) is 3.28. The molecule has 2 aromatic heterocycles. The van der Waals surface area contributed by atoms with Crippen molar-refractivity contribution in [3.8, 4) is 0 Å². The predicted molar refractivity (Wildman–Crippen MR) is 104 cm³/mol. The number of aryl methyl sites for hydroxylation is 1. The Labute approximate surface area is 171 Å². The largest absolute Gasteiger partial charge is 0.433 e. The van der Waals surface area contributed by atoms with Crippen LogP contribution >= 0.6 is 0 Å². The van der Waals surface area contributed by atoms with Gasteiger partial charge >= 0.3 is 6.18 Å². The van der Waals surface area contributed by atoms with Crippen molar-refractivity contribution in [1.29, 1.82) is 0 Å². The molecule has 8 heteroatoms. The Morgan fingerprint density at radius 1 is 1.13 bits per heavy atom. The van der Waals surface area contributed by atoms with Crippen molar-refractivity contribution < 1.29 is 18.0 Å². The molecule has 0 bridgehead atoms. The highest BCUT2D eigenvalue weighted by atomic mass is 19.4. The number of likely N-dealkylation sites (tertiary alicyclic amines) is 1. The Hall–Kier alpha value is -2.90. The van der Waals surface area contributed by atoms with Crippen molar-refractivity contribution in [2.45, 2.75) is 50.7 Å². The second-order valence-electron chi connectivity index (χ2n) is 8.15.